The number of carbonyl (C=O) groups excluding carboxylic acids is 1. The van der Waals surface area contributed by atoms with Crippen molar-refractivity contribution in [2.75, 3.05) is 26.7 Å². The van der Waals surface area contributed by atoms with Crippen molar-refractivity contribution in [3.8, 4) is 0 Å². The molecule has 0 aliphatic carbocycles. The third-order valence-corrected chi connectivity index (χ3v) is 5.31. The third kappa shape index (κ3) is 4.62. The molecule has 1 aliphatic heterocycles. The highest BCUT2D eigenvalue weighted by molar-refractivity contribution is 6.30. The average molecular weight is 358 g/mol. The number of rotatable bonds is 5. The van der Waals surface area contributed by atoms with Gasteiger partial charge in [0.25, 0.3) is 0 Å². The van der Waals surface area contributed by atoms with Crippen molar-refractivity contribution in [2.45, 2.75) is 18.8 Å². The fourth-order valence-corrected chi connectivity index (χ4v) is 3.78. The quantitative estimate of drug-likeness (QED) is 0.752. The van der Waals surface area contributed by atoms with Gasteiger partial charge in [0, 0.05) is 18.1 Å². The molecule has 2 aromatic rings. The van der Waals surface area contributed by atoms with Gasteiger partial charge in [0.05, 0.1) is 13.0 Å². The maximum atomic E-state index is 12.4. The molecule has 2 aromatic carbocycles. The molecule has 1 aliphatic rings. The molecule has 0 saturated carbocycles. The smallest absolute Gasteiger partial charge is 0.310 e. The van der Waals surface area contributed by atoms with Gasteiger partial charge in [-0.2, -0.15) is 0 Å². The predicted octanol–water partition coefficient (Wildman–Crippen LogP) is 4.16. The lowest BCUT2D eigenvalue weighted by Gasteiger charge is -2.37. The van der Waals surface area contributed by atoms with Crippen molar-refractivity contribution >= 4 is 17.6 Å². The van der Waals surface area contributed by atoms with E-state index in [0.29, 0.717) is 0 Å². The number of likely N-dealkylation sites (tertiary alicyclic amines) is 1. The van der Waals surface area contributed by atoms with E-state index in [1.807, 2.05) is 30.3 Å². The summed E-state index contributed by atoms with van der Waals surface area (Å²) in [6, 6.07) is 18.3. The molecular formula is C21H24ClNO2. The molecule has 3 nitrogen and oxygen atoms in total. The summed E-state index contributed by atoms with van der Waals surface area (Å²) in [7, 11) is 1.48. The highest BCUT2D eigenvalue weighted by Gasteiger charge is 2.35. The van der Waals surface area contributed by atoms with E-state index in [9.17, 15) is 4.79 Å². The first kappa shape index (κ1) is 18.0. The van der Waals surface area contributed by atoms with Crippen LogP contribution in [-0.2, 0) is 16.0 Å². The second kappa shape index (κ2) is 8.50. The first-order valence-electron chi connectivity index (χ1n) is 8.77. The summed E-state index contributed by atoms with van der Waals surface area (Å²) in [5.74, 6) is -0.0576. The van der Waals surface area contributed by atoms with Gasteiger partial charge < -0.3 is 9.64 Å². The van der Waals surface area contributed by atoms with Gasteiger partial charge in [-0.3, -0.25) is 4.79 Å². The summed E-state index contributed by atoms with van der Waals surface area (Å²) < 4.78 is 5.08. The Morgan fingerprint density at radius 3 is 2.56 bits per heavy atom. The normalized spacial score (nSPS) is 21.0. The number of piperidine rings is 1. The Labute approximate surface area is 154 Å². The minimum Gasteiger partial charge on any atom is -0.469 e. The Morgan fingerprint density at radius 2 is 1.88 bits per heavy atom. The Bertz CT molecular complexity index is 687. The molecule has 1 heterocycles. The van der Waals surface area contributed by atoms with Crippen LogP contribution in [0.25, 0.3) is 0 Å². The fourth-order valence-electron chi connectivity index (χ4n) is 3.65. The monoisotopic (exact) mass is 357 g/mol. The van der Waals surface area contributed by atoms with Crippen molar-refractivity contribution < 1.29 is 9.53 Å². The van der Waals surface area contributed by atoms with Crippen LogP contribution in [0.4, 0.5) is 0 Å². The number of hydrogen-bond acceptors (Lipinski definition) is 3. The maximum Gasteiger partial charge on any atom is 0.310 e. The van der Waals surface area contributed by atoms with E-state index in [1.165, 1.54) is 18.2 Å². The molecule has 0 radical (unpaired) electrons. The topological polar surface area (TPSA) is 29.5 Å². The minimum atomic E-state index is -0.129. The van der Waals surface area contributed by atoms with Crippen molar-refractivity contribution in [1.82, 2.24) is 4.90 Å². The number of ether oxygens (including phenoxy) is 1. The van der Waals surface area contributed by atoms with Crippen LogP contribution in [0.3, 0.4) is 0 Å². The summed E-state index contributed by atoms with van der Waals surface area (Å²) in [4.78, 5) is 14.7. The first-order valence-corrected chi connectivity index (χ1v) is 9.14. The molecule has 0 aromatic heterocycles. The Balaban J connectivity index is 1.67. The van der Waals surface area contributed by atoms with Gasteiger partial charge in [-0.25, -0.2) is 0 Å². The Hall–Kier alpha value is -1.84. The molecule has 1 fully saturated rings. The molecule has 3 rings (SSSR count). The van der Waals surface area contributed by atoms with Crippen LogP contribution in [0.1, 0.15) is 23.5 Å². The number of esters is 1. The number of methoxy groups -OCH3 is 1. The molecule has 0 spiro atoms. The molecule has 25 heavy (non-hydrogen) atoms. The summed E-state index contributed by atoms with van der Waals surface area (Å²) in [5, 5.41) is 0.721. The summed E-state index contributed by atoms with van der Waals surface area (Å²) in [6.45, 7) is 2.70. The van der Waals surface area contributed by atoms with Gasteiger partial charge in [0.1, 0.15) is 0 Å². The van der Waals surface area contributed by atoms with Crippen LogP contribution in [0.5, 0.6) is 0 Å². The lowest BCUT2D eigenvalue weighted by molar-refractivity contribution is -0.148. The first-order chi connectivity index (χ1) is 12.2. The molecule has 0 unspecified atom stereocenters. The average Bonchev–Trinajstić information content (AvgIpc) is 2.67. The van der Waals surface area contributed by atoms with Crippen molar-refractivity contribution in [1.29, 1.82) is 0 Å². The highest BCUT2D eigenvalue weighted by atomic mass is 35.5. The van der Waals surface area contributed by atoms with E-state index in [4.69, 9.17) is 16.3 Å². The lowest BCUT2D eigenvalue weighted by Crippen LogP contribution is -2.44. The predicted molar refractivity (Wildman–Crippen MR) is 101 cm³/mol. The zero-order chi connectivity index (χ0) is 17.6. The summed E-state index contributed by atoms with van der Waals surface area (Å²) in [5.41, 5.74) is 2.50. The van der Waals surface area contributed by atoms with Crippen LogP contribution < -0.4 is 0 Å². The molecule has 0 bridgehead atoms. The second-order valence-corrected chi connectivity index (χ2v) is 7.05. The third-order valence-electron chi connectivity index (χ3n) is 5.06. The summed E-state index contributed by atoms with van der Waals surface area (Å²) in [6.07, 6.45) is 1.95. The fraction of sp³-hybridized carbons (Fsp3) is 0.381. The Kier molecular flexibility index (Phi) is 6.11. The number of nitrogens with zero attached hydrogens (tertiary/aromatic N) is 1. The highest BCUT2D eigenvalue weighted by Crippen LogP contribution is 2.34. The van der Waals surface area contributed by atoms with E-state index in [1.54, 1.807) is 0 Å². The standard InChI is InChI=1S/C21H24ClNO2/c1-25-21(24)20-15-23(13-11-16-5-3-2-4-6-16)14-12-19(20)17-7-9-18(22)10-8-17/h2-10,19-20H,11-15H2,1H3/t19-,20-/m1/s1. The van der Waals surface area contributed by atoms with Crippen molar-refractivity contribution in [3.05, 3.63) is 70.7 Å². The van der Waals surface area contributed by atoms with E-state index in [0.717, 1.165) is 37.5 Å². The van der Waals surface area contributed by atoms with Crippen LogP contribution >= 0.6 is 11.6 Å². The Morgan fingerprint density at radius 1 is 1.16 bits per heavy atom. The van der Waals surface area contributed by atoms with Crippen LogP contribution in [0.2, 0.25) is 5.02 Å². The van der Waals surface area contributed by atoms with Crippen LogP contribution in [-0.4, -0.2) is 37.6 Å². The molecule has 2 atom stereocenters. The number of halogens is 1. The van der Waals surface area contributed by atoms with E-state index >= 15 is 0 Å². The van der Waals surface area contributed by atoms with Gasteiger partial charge in [-0.1, -0.05) is 54.1 Å². The van der Waals surface area contributed by atoms with Gasteiger partial charge in [0.2, 0.25) is 0 Å². The molecule has 0 N–H and O–H groups in total. The zero-order valence-corrected chi connectivity index (χ0v) is 15.3. The minimum absolute atomic E-state index is 0.121. The number of benzene rings is 2. The van der Waals surface area contributed by atoms with E-state index in [-0.39, 0.29) is 17.8 Å². The van der Waals surface area contributed by atoms with Gasteiger partial charge in [-0.15, -0.1) is 0 Å². The molecule has 1 saturated heterocycles. The number of carbonyl (C=O) groups is 1. The molecule has 132 valence electrons. The largest absolute Gasteiger partial charge is 0.469 e. The zero-order valence-electron chi connectivity index (χ0n) is 14.5. The van der Waals surface area contributed by atoms with Crippen LogP contribution in [0, 0.1) is 5.92 Å². The lowest BCUT2D eigenvalue weighted by atomic mass is 9.80. The van der Waals surface area contributed by atoms with Gasteiger partial charge in [-0.05, 0) is 48.6 Å². The van der Waals surface area contributed by atoms with Gasteiger partial charge >= 0.3 is 5.97 Å². The maximum absolute atomic E-state index is 12.4. The SMILES string of the molecule is COC(=O)[C@@H]1CN(CCc2ccccc2)CC[C@@H]1c1ccc(Cl)cc1. The van der Waals surface area contributed by atoms with Gasteiger partial charge in [0.15, 0.2) is 0 Å². The second-order valence-electron chi connectivity index (χ2n) is 6.61. The van der Waals surface area contributed by atoms with Crippen molar-refractivity contribution in [2.24, 2.45) is 5.92 Å². The van der Waals surface area contributed by atoms with E-state index in [2.05, 4.69) is 29.2 Å². The molecule has 4 heteroatoms. The summed E-state index contributed by atoms with van der Waals surface area (Å²) >= 11 is 6.00. The van der Waals surface area contributed by atoms with E-state index < -0.39 is 0 Å². The molecular weight excluding hydrogens is 334 g/mol. The molecule has 0 amide bonds. The van der Waals surface area contributed by atoms with Crippen LogP contribution in [0.15, 0.2) is 54.6 Å². The van der Waals surface area contributed by atoms with Crippen molar-refractivity contribution in [3.63, 3.8) is 0 Å². The number of hydrogen-bond donors (Lipinski definition) is 0.